The Bertz CT molecular complexity index is 1020. The van der Waals surface area contributed by atoms with Gasteiger partial charge in [-0.15, -0.1) is 0 Å². The normalized spacial score (nSPS) is 19.1. The number of hydrogen-bond donors (Lipinski definition) is 1. The second kappa shape index (κ2) is 13.4. The van der Waals surface area contributed by atoms with Gasteiger partial charge in [-0.1, -0.05) is 60.7 Å². The molecule has 0 bridgehead atoms. The third kappa shape index (κ3) is 8.42. The van der Waals surface area contributed by atoms with Crippen molar-refractivity contribution in [1.82, 2.24) is 10.2 Å². The lowest BCUT2D eigenvalue weighted by Crippen LogP contribution is -2.49. The second-order valence-electron chi connectivity index (χ2n) is 10.4. The van der Waals surface area contributed by atoms with Crippen LogP contribution < -0.4 is 5.32 Å². The summed E-state index contributed by atoms with van der Waals surface area (Å²) in [6, 6.07) is 18.7. The summed E-state index contributed by atoms with van der Waals surface area (Å²) in [4.78, 5) is 40.9. The summed E-state index contributed by atoms with van der Waals surface area (Å²) in [5.41, 5.74) is 1.27. The molecule has 0 aromatic heterocycles. The summed E-state index contributed by atoms with van der Waals surface area (Å²) < 4.78 is 10.9. The number of ether oxygens (including phenoxy) is 2. The van der Waals surface area contributed by atoms with E-state index in [-0.39, 0.29) is 24.5 Å². The van der Waals surface area contributed by atoms with Gasteiger partial charge in [-0.2, -0.15) is 0 Å². The lowest BCUT2D eigenvalue weighted by atomic mass is 9.95. The van der Waals surface area contributed by atoms with E-state index >= 15 is 0 Å². The molecule has 0 saturated carbocycles. The summed E-state index contributed by atoms with van der Waals surface area (Å²) in [6.45, 7) is 7.93. The molecule has 1 heterocycles. The molecule has 1 N–H and O–H groups in total. The summed E-state index contributed by atoms with van der Waals surface area (Å²) in [5, 5.41) is 3.38. The average molecular weight is 509 g/mol. The zero-order chi connectivity index (χ0) is 26.8. The first-order chi connectivity index (χ1) is 17.7. The van der Waals surface area contributed by atoms with Gasteiger partial charge in [-0.3, -0.25) is 14.4 Å². The summed E-state index contributed by atoms with van der Waals surface area (Å²) in [6.07, 6.45) is 2.74. The number of benzene rings is 2. The Kier molecular flexibility index (Phi) is 10.3. The molecule has 200 valence electrons. The highest BCUT2D eigenvalue weighted by Crippen LogP contribution is 2.31. The Morgan fingerprint density at radius 2 is 1.68 bits per heavy atom. The Morgan fingerprint density at radius 3 is 2.30 bits per heavy atom. The van der Waals surface area contributed by atoms with Crippen LogP contribution in [0.1, 0.15) is 76.5 Å². The van der Waals surface area contributed by atoms with Crippen molar-refractivity contribution in [2.75, 3.05) is 19.7 Å². The van der Waals surface area contributed by atoms with Gasteiger partial charge in [0.15, 0.2) is 0 Å². The van der Waals surface area contributed by atoms with Crippen LogP contribution in [0.4, 0.5) is 0 Å². The lowest BCUT2D eigenvalue weighted by molar-refractivity contribution is -0.160. The number of nitrogens with one attached hydrogen (secondary N) is 1. The standard InChI is InChI=1S/C30H40N2O5/c1-5-36-29(35)24(22-13-8-6-9-14-22)19-20-31-25-17-12-18-26(23-15-10-7-11-16-23)32(28(25)34)21-27(33)37-30(2,3)4/h6-11,13-16,24-26,31H,5,12,17-21H2,1-4H3. The van der Waals surface area contributed by atoms with Crippen LogP contribution in [0.15, 0.2) is 60.7 Å². The number of amides is 1. The van der Waals surface area contributed by atoms with Gasteiger partial charge >= 0.3 is 11.9 Å². The van der Waals surface area contributed by atoms with Crippen molar-refractivity contribution in [2.24, 2.45) is 0 Å². The highest BCUT2D eigenvalue weighted by molar-refractivity contribution is 5.86. The molecule has 0 spiro atoms. The van der Waals surface area contributed by atoms with Gasteiger partial charge in [0.2, 0.25) is 5.91 Å². The van der Waals surface area contributed by atoms with Gasteiger partial charge in [0.05, 0.1) is 24.6 Å². The molecule has 2 aromatic carbocycles. The monoisotopic (exact) mass is 508 g/mol. The highest BCUT2D eigenvalue weighted by Gasteiger charge is 2.36. The van der Waals surface area contributed by atoms with E-state index in [1.807, 2.05) is 81.4 Å². The topological polar surface area (TPSA) is 84.9 Å². The highest BCUT2D eigenvalue weighted by atomic mass is 16.6. The maximum Gasteiger partial charge on any atom is 0.326 e. The van der Waals surface area contributed by atoms with Gasteiger partial charge in [0.25, 0.3) is 0 Å². The number of carbonyl (C=O) groups is 3. The van der Waals surface area contributed by atoms with E-state index in [4.69, 9.17) is 9.47 Å². The Hall–Kier alpha value is -3.19. The van der Waals surface area contributed by atoms with E-state index in [1.165, 1.54) is 0 Å². The molecule has 0 radical (unpaired) electrons. The minimum Gasteiger partial charge on any atom is -0.466 e. The second-order valence-corrected chi connectivity index (χ2v) is 10.4. The average Bonchev–Trinajstić information content (AvgIpc) is 3.01. The Morgan fingerprint density at radius 1 is 1.03 bits per heavy atom. The van der Waals surface area contributed by atoms with E-state index < -0.39 is 23.5 Å². The van der Waals surface area contributed by atoms with Crippen molar-refractivity contribution in [3.63, 3.8) is 0 Å². The number of carbonyl (C=O) groups excluding carboxylic acids is 3. The number of hydrogen-bond acceptors (Lipinski definition) is 6. The molecule has 1 aliphatic heterocycles. The lowest BCUT2D eigenvalue weighted by Gasteiger charge is -2.32. The Labute approximate surface area is 220 Å². The maximum absolute atomic E-state index is 13.8. The molecule has 3 atom stereocenters. The van der Waals surface area contributed by atoms with Gasteiger partial charge in [-0.25, -0.2) is 0 Å². The van der Waals surface area contributed by atoms with Crippen molar-refractivity contribution in [3.8, 4) is 0 Å². The fourth-order valence-corrected chi connectivity index (χ4v) is 4.81. The predicted molar refractivity (Wildman–Crippen MR) is 143 cm³/mol. The molecule has 37 heavy (non-hydrogen) atoms. The molecule has 3 rings (SSSR count). The zero-order valence-electron chi connectivity index (χ0n) is 22.4. The number of esters is 2. The molecule has 1 amide bonds. The van der Waals surface area contributed by atoms with Crippen LogP contribution in [-0.2, 0) is 23.9 Å². The van der Waals surface area contributed by atoms with E-state index in [2.05, 4.69) is 5.32 Å². The fraction of sp³-hybridized carbons (Fsp3) is 0.500. The first-order valence-corrected chi connectivity index (χ1v) is 13.2. The third-order valence-electron chi connectivity index (χ3n) is 6.43. The largest absolute Gasteiger partial charge is 0.466 e. The van der Waals surface area contributed by atoms with Crippen LogP contribution in [0.5, 0.6) is 0 Å². The van der Waals surface area contributed by atoms with E-state index in [9.17, 15) is 14.4 Å². The van der Waals surface area contributed by atoms with Crippen LogP contribution in [0.3, 0.4) is 0 Å². The first kappa shape index (κ1) is 28.4. The van der Waals surface area contributed by atoms with E-state index in [0.717, 1.165) is 24.0 Å². The van der Waals surface area contributed by atoms with Crippen LogP contribution >= 0.6 is 0 Å². The SMILES string of the molecule is CCOC(=O)C(CCNC1CCCC(c2ccccc2)N(CC(=O)OC(C)(C)C)C1=O)c1ccccc1. The van der Waals surface area contributed by atoms with Crippen LogP contribution in [-0.4, -0.2) is 54.1 Å². The molecule has 7 heteroatoms. The van der Waals surface area contributed by atoms with Crippen molar-refractivity contribution in [1.29, 1.82) is 0 Å². The summed E-state index contributed by atoms with van der Waals surface area (Å²) in [5.74, 6) is -1.22. The molecule has 3 unspecified atom stereocenters. The van der Waals surface area contributed by atoms with Gasteiger partial charge in [-0.05, 0) is 71.0 Å². The molecular formula is C30H40N2O5. The van der Waals surface area contributed by atoms with Crippen molar-refractivity contribution in [2.45, 2.75) is 77.0 Å². The molecule has 0 aliphatic carbocycles. The minimum absolute atomic E-state index is 0.108. The fourth-order valence-electron chi connectivity index (χ4n) is 4.81. The number of nitrogens with zero attached hydrogens (tertiary/aromatic N) is 1. The molecule has 1 aliphatic rings. The quantitative estimate of drug-likeness (QED) is 0.465. The van der Waals surface area contributed by atoms with Gasteiger partial charge in [0, 0.05) is 0 Å². The maximum atomic E-state index is 13.8. The van der Waals surface area contributed by atoms with E-state index in [0.29, 0.717) is 26.0 Å². The van der Waals surface area contributed by atoms with Crippen molar-refractivity contribution < 1.29 is 23.9 Å². The first-order valence-electron chi connectivity index (χ1n) is 13.2. The predicted octanol–water partition coefficient (Wildman–Crippen LogP) is 4.78. The Balaban J connectivity index is 1.74. The smallest absolute Gasteiger partial charge is 0.326 e. The van der Waals surface area contributed by atoms with Crippen molar-refractivity contribution >= 4 is 17.8 Å². The zero-order valence-corrected chi connectivity index (χ0v) is 22.4. The van der Waals surface area contributed by atoms with E-state index in [1.54, 1.807) is 11.8 Å². The van der Waals surface area contributed by atoms with Crippen LogP contribution in [0.25, 0.3) is 0 Å². The molecular weight excluding hydrogens is 468 g/mol. The van der Waals surface area contributed by atoms with Gasteiger partial charge in [0.1, 0.15) is 12.1 Å². The van der Waals surface area contributed by atoms with Gasteiger partial charge < -0.3 is 19.7 Å². The van der Waals surface area contributed by atoms with Crippen LogP contribution in [0, 0.1) is 0 Å². The molecule has 7 nitrogen and oxygen atoms in total. The number of likely N-dealkylation sites (tertiary alicyclic amines) is 1. The molecule has 1 saturated heterocycles. The van der Waals surface area contributed by atoms with Crippen LogP contribution in [0.2, 0.25) is 0 Å². The molecule has 1 fully saturated rings. The summed E-state index contributed by atoms with van der Waals surface area (Å²) >= 11 is 0. The summed E-state index contributed by atoms with van der Waals surface area (Å²) in [7, 11) is 0. The van der Waals surface area contributed by atoms with Crippen molar-refractivity contribution in [3.05, 3.63) is 71.8 Å². The minimum atomic E-state index is -0.634. The number of rotatable bonds is 10. The third-order valence-corrected chi connectivity index (χ3v) is 6.43. The molecule has 2 aromatic rings.